The Balaban J connectivity index is 1.58. The number of rotatable bonds is 6. The van der Waals surface area contributed by atoms with Crippen molar-refractivity contribution in [1.29, 1.82) is 0 Å². The molecule has 1 aliphatic heterocycles. The zero-order valence-electron chi connectivity index (χ0n) is 19.3. The van der Waals surface area contributed by atoms with E-state index in [1.54, 1.807) is 12.1 Å². The maximum atomic E-state index is 13.2. The van der Waals surface area contributed by atoms with E-state index in [1.165, 1.54) is 5.56 Å². The van der Waals surface area contributed by atoms with Gasteiger partial charge in [-0.3, -0.25) is 9.59 Å². The normalized spacial score (nSPS) is 15.6. The minimum atomic E-state index is -0.537. The highest BCUT2D eigenvalue weighted by atomic mass is 16.5. The molecule has 1 unspecified atom stereocenters. The van der Waals surface area contributed by atoms with Crippen LogP contribution in [0.25, 0.3) is 0 Å². The topological polar surface area (TPSA) is 58.6 Å². The van der Waals surface area contributed by atoms with Gasteiger partial charge in [0.25, 0.3) is 5.91 Å². The van der Waals surface area contributed by atoms with Gasteiger partial charge < -0.3 is 15.0 Å². The first kappa shape index (κ1) is 22.9. The van der Waals surface area contributed by atoms with Crippen LogP contribution in [0.2, 0.25) is 0 Å². The Hall–Kier alpha value is -2.82. The van der Waals surface area contributed by atoms with Crippen molar-refractivity contribution in [3.05, 3.63) is 64.7 Å². The van der Waals surface area contributed by atoms with Crippen LogP contribution in [0.1, 0.15) is 53.7 Å². The van der Waals surface area contributed by atoms with Crippen molar-refractivity contribution in [3.63, 3.8) is 0 Å². The zero-order valence-corrected chi connectivity index (χ0v) is 19.3. The van der Waals surface area contributed by atoms with Crippen molar-refractivity contribution in [2.45, 2.75) is 59.6 Å². The van der Waals surface area contributed by atoms with E-state index >= 15 is 0 Å². The van der Waals surface area contributed by atoms with Gasteiger partial charge in [-0.1, -0.05) is 43.7 Å². The molecule has 0 aliphatic carbocycles. The van der Waals surface area contributed by atoms with Crippen LogP contribution in [0.5, 0.6) is 5.75 Å². The van der Waals surface area contributed by atoms with Crippen LogP contribution in [-0.4, -0.2) is 41.9 Å². The summed E-state index contributed by atoms with van der Waals surface area (Å²) >= 11 is 0. The predicted molar refractivity (Wildman–Crippen MR) is 123 cm³/mol. The van der Waals surface area contributed by atoms with E-state index in [9.17, 15) is 9.59 Å². The summed E-state index contributed by atoms with van der Waals surface area (Å²) in [4.78, 5) is 27.7. The Bertz CT molecular complexity index is 913. The number of nitrogens with one attached hydrogen (secondary N) is 1. The fourth-order valence-electron chi connectivity index (χ4n) is 3.85. The summed E-state index contributed by atoms with van der Waals surface area (Å²) in [7, 11) is 0. The summed E-state index contributed by atoms with van der Waals surface area (Å²) in [5, 5.41) is 2.95. The third kappa shape index (κ3) is 5.87. The third-order valence-corrected chi connectivity index (χ3v) is 5.92. The average Bonchev–Trinajstić information content (AvgIpc) is 2.75. The highest BCUT2D eigenvalue weighted by molar-refractivity contribution is 5.97. The molecule has 3 rings (SSSR count). The molecule has 0 bridgehead atoms. The lowest BCUT2D eigenvalue weighted by atomic mass is 9.99. The highest BCUT2D eigenvalue weighted by Crippen LogP contribution is 2.24. The van der Waals surface area contributed by atoms with Crippen LogP contribution < -0.4 is 10.1 Å². The first-order valence-electron chi connectivity index (χ1n) is 11.1. The minimum Gasteiger partial charge on any atom is -0.490 e. The van der Waals surface area contributed by atoms with E-state index in [2.05, 4.69) is 37.4 Å². The number of likely N-dealkylation sites (tertiary alicyclic amines) is 1. The molecule has 2 aromatic rings. The Morgan fingerprint density at radius 2 is 1.58 bits per heavy atom. The number of amides is 2. The highest BCUT2D eigenvalue weighted by Gasteiger charge is 2.32. The number of carbonyl (C=O) groups is 2. The molecule has 1 aliphatic rings. The van der Waals surface area contributed by atoms with Gasteiger partial charge in [0.2, 0.25) is 5.91 Å². The zero-order chi connectivity index (χ0) is 22.5. The molecule has 0 saturated carbocycles. The van der Waals surface area contributed by atoms with Crippen molar-refractivity contribution in [2.24, 2.45) is 5.92 Å². The van der Waals surface area contributed by atoms with Crippen molar-refractivity contribution in [3.8, 4) is 5.75 Å². The largest absolute Gasteiger partial charge is 0.490 e. The van der Waals surface area contributed by atoms with Crippen LogP contribution in [0.15, 0.2) is 42.5 Å². The van der Waals surface area contributed by atoms with Crippen LogP contribution in [0.3, 0.4) is 0 Å². The monoisotopic (exact) mass is 422 g/mol. The second kappa shape index (κ2) is 9.99. The van der Waals surface area contributed by atoms with Gasteiger partial charge in [0.05, 0.1) is 0 Å². The number of hydrogen-bond acceptors (Lipinski definition) is 3. The summed E-state index contributed by atoms with van der Waals surface area (Å²) in [6.07, 6.45) is 1.68. The molecule has 166 valence electrons. The molecule has 5 nitrogen and oxygen atoms in total. The van der Waals surface area contributed by atoms with Gasteiger partial charge in [-0.05, 0) is 56.0 Å². The molecule has 31 heavy (non-hydrogen) atoms. The van der Waals surface area contributed by atoms with Gasteiger partial charge >= 0.3 is 0 Å². The van der Waals surface area contributed by atoms with Crippen LogP contribution in [-0.2, 0) is 4.79 Å². The molecular formula is C26H34N2O3. The molecular weight excluding hydrogens is 388 g/mol. The summed E-state index contributed by atoms with van der Waals surface area (Å²) in [6, 6.07) is 13.1. The Morgan fingerprint density at radius 1 is 0.968 bits per heavy atom. The van der Waals surface area contributed by atoms with Crippen LogP contribution in [0.4, 0.5) is 0 Å². The van der Waals surface area contributed by atoms with Gasteiger partial charge in [0, 0.05) is 31.5 Å². The Labute approximate surface area is 185 Å². The quantitative estimate of drug-likeness (QED) is 0.749. The third-order valence-electron chi connectivity index (χ3n) is 5.92. The number of piperidine rings is 1. The molecule has 1 atom stereocenters. The van der Waals surface area contributed by atoms with Gasteiger partial charge in [0.1, 0.15) is 17.9 Å². The van der Waals surface area contributed by atoms with Gasteiger partial charge in [0.15, 0.2) is 0 Å². The molecule has 1 heterocycles. The molecule has 1 saturated heterocycles. The second-order valence-electron chi connectivity index (χ2n) is 8.97. The molecule has 1 N–H and O–H groups in total. The van der Waals surface area contributed by atoms with E-state index in [4.69, 9.17) is 4.74 Å². The number of carbonyl (C=O) groups excluding carboxylic acids is 2. The lowest BCUT2D eigenvalue weighted by molar-refractivity contribution is -0.136. The molecule has 0 spiro atoms. The predicted octanol–water partition coefficient (Wildman–Crippen LogP) is 4.44. The van der Waals surface area contributed by atoms with Gasteiger partial charge in [-0.2, -0.15) is 0 Å². The first-order chi connectivity index (χ1) is 14.7. The summed E-state index contributed by atoms with van der Waals surface area (Å²) in [5.41, 5.74) is 3.98. The smallest absolute Gasteiger partial charge is 0.251 e. The van der Waals surface area contributed by atoms with Crippen molar-refractivity contribution in [2.75, 3.05) is 13.1 Å². The maximum absolute atomic E-state index is 13.2. The maximum Gasteiger partial charge on any atom is 0.251 e. The van der Waals surface area contributed by atoms with Crippen LogP contribution in [0, 0.1) is 26.7 Å². The second-order valence-corrected chi connectivity index (χ2v) is 8.97. The molecule has 2 amide bonds. The molecule has 1 fully saturated rings. The molecule has 0 radical (unpaired) electrons. The summed E-state index contributed by atoms with van der Waals surface area (Å²) in [6.45, 7) is 11.3. The van der Waals surface area contributed by atoms with Gasteiger partial charge in [-0.25, -0.2) is 0 Å². The molecule has 2 aromatic carbocycles. The van der Waals surface area contributed by atoms with Crippen molar-refractivity contribution in [1.82, 2.24) is 10.2 Å². The molecule has 5 heteroatoms. The number of hydrogen-bond donors (Lipinski definition) is 1. The fourth-order valence-corrected chi connectivity index (χ4v) is 3.85. The van der Waals surface area contributed by atoms with E-state index in [0.717, 1.165) is 29.7 Å². The number of aryl methyl sites for hydroxylation is 3. The van der Waals surface area contributed by atoms with Crippen LogP contribution >= 0.6 is 0 Å². The fraction of sp³-hybridized carbons (Fsp3) is 0.462. The molecule has 0 aromatic heterocycles. The van der Waals surface area contributed by atoms with E-state index < -0.39 is 6.04 Å². The lowest BCUT2D eigenvalue weighted by Crippen LogP contribution is -2.53. The first-order valence-corrected chi connectivity index (χ1v) is 11.1. The van der Waals surface area contributed by atoms with E-state index in [0.29, 0.717) is 18.7 Å². The minimum absolute atomic E-state index is 0.00538. The van der Waals surface area contributed by atoms with E-state index in [-0.39, 0.29) is 23.8 Å². The standard InChI is InChI=1S/C26H34N2O3/c1-17(2)24(27-25(29)21-10-7-18(3)8-11-21)26(30)28-14-12-22(13-15-28)31-23-16-19(4)6-9-20(23)5/h6-11,16-17,22,24H,12-15H2,1-5H3,(H,27,29). The number of benzene rings is 2. The van der Waals surface area contributed by atoms with Gasteiger partial charge in [-0.15, -0.1) is 0 Å². The van der Waals surface area contributed by atoms with Crippen molar-refractivity contribution >= 4 is 11.8 Å². The SMILES string of the molecule is Cc1ccc(C(=O)NC(C(=O)N2CCC(Oc3cc(C)ccc3C)CC2)C(C)C)cc1. The number of ether oxygens (including phenoxy) is 1. The Kier molecular flexibility index (Phi) is 7.37. The lowest BCUT2D eigenvalue weighted by Gasteiger charge is -2.35. The van der Waals surface area contributed by atoms with E-state index in [1.807, 2.05) is 37.8 Å². The van der Waals surface area contributed by atoms with Crippen molar-refractivity contribution < 1.29 is 14.3 Å². The Morgan fingerprint density at radius 3 is 2.19 bits per heavy atom. The number of nitrogens with zero attached hydrogens (tertiary/aromatic N) is 1. The average molecular weight is 423 g/mol. The summed E-state index contributed by atoms with van der Waals surface area (Å²) < 4.78 is 6.23. The summed E-state index contributed by atoms with van der Waals surface area (Å²) in [5.74, 6) is 0.710.